The average Bonchev–Trinajstić information content (AvgIpc) is 3.28. The second kappa shape index (κ2) is 7.36. The zero-order chi connectivity index (χ0) is 21.0. The smallest absolute Gasteiger partial charge is 0.251 e. The van der Waals surface area contributed by atoms with Crippen molar-refractivity contribution in [3.63, 3.8) is 0 Å². The number of likely N-dealkylation sites (tertiary alicyclic amines) is 1. The Balaban J connectivity index is 1.24. The van der Waals surface area contributed by atoms with Gasteiger partial charge in [-0.05, 0) is 85.1 Å². The fraction of sp³-hybridized carbons (Fsp3) is 0.370. The highest BCUT2D eigenvalue weighted by atomic mass is 35.5. The van der Waals surface area contributed by atoms with Crippen LogP contribution in [0.15, 0.2) is 65.6 Å². The van der Waals surface area contributed by atoms with Gasteiger partial charge in [-0.15, -0.1) is 0 Å². The van der Waals surface area contributed by atoms with Gasteiger partial charge in [0.15, 0.2) is 0 Å². The Kier molecular flexibility index (Phi) is 4.59. The first-order valence-corrected chi connectivity index (χ1v) is 11.8. The van der Waals surface area contributed by atoms with Gasteiger partial charge in [0.25, 0.3) is 5.56 Å². The molecule has 1 aliphatic heterocycles. The Morgan fingerprint density at radius 3 is 2.65 bits per heavy atom. The van der Waals surface area contributed by atoms with Crippen LogP contribution in [0.5, 0.6) is 0 Å². The van der Waals surface area contributed by atoms with E-state index >= 15 is 0 Å². The number of nitrogens with one attached hydrogen (secondary N) is 1. The third kappa shape index (κ3) is 3.09. The van der Waals surface area contributed by atoms with Crippen molar-refractivity contribution in [1.29, 1.82) is 0 Å². The molecule has 1 saturated heterocycles. The number of hydrogen-bond donors (Lipinski definition) is 1. The Morgan fingerprint density at radius 1 is 1.00 bits per heavy atom. The van der Waals surface area contributed by atoms with Crippen molar-refractivity contribution in [2.24, 2.45) is 5.92 Å². The SMILES string of the molecule is O=c1[nH]cccc1CC1CCN(C[C@@]23CC(c4ccccc42)c2ccc(Cl)cc23)CC1. The maximum Gasteiger partial charge on any atom is 0.251 e. The van der Waals surface area contributed by atoms with Gasteiger partial charge in [0.2, 0.25) is 0 Å². The van der Waals surface area contributed by atoms with E-state index in [0.717, 1.165) is 49.5 Å². The maximum atomic E-state index is 12.1. The number of H-pyrrole nitrogens is 1. The van der Waals surface area contributed by atoms with Gasteiger partial charge in [0, 0.05) is 34.7 Å². The van der Waals surface area contributed by atoms with E-state index in [4.69, 9.17) is 11.6 Å². The largest absolute Gasteiger partial charge is 0.329 e. The van der Waals surface area contributed by atoms with E-state index in [9.17, 15) is 4.79 Å². The Morgan fingerprint density at radius 2 is 1.81 bits per heavy atom. The van der Waals surface area contributed by atoms with Crippen LogP contribution in [0.4, 0.5) is 0 Å². The van der Waals surface area contributed by atoms with Crippen LogP contribution >= 0.6 is 11.6 Å². The molecule has 4 heteroatoms. The molecular weight excluding hydrogens is 404 g/mol. The number of halogens is 1. The highest BCUT2D eigenvalue weighted by Gasteiger charge is 2.53. The minimum absolute atomic E-state index is 0.0604. The molecule has 158 valence electrons. The molecule has 0 radical (unpaired) electrons. The minimum Gasteiger partial charge on any atom is -0.329 e. The molecule has 2 atom stereocenters. The molecule has 2 heterocycles. The summed E-state index contributed by atoms with van der Waals surface area (Å²) in [7, 11) is 0. The number of piperidine rings is 1. The number of hydrogen-bond acceptors (Lipinski definition) is 2. The number of aromatic amines is 1. The van der Waals surface area contributed by atoms with Crippen molar-refractivity contribution in [1.82, 2.24) is 9.88 Å². The van der Waals surface area contributed by atoms with Crippen molar-refractivity contribution in [3.05, 3.63) is 104 Å². The summed E-state index contributed by atoms with van der Waals surface area (Å²) in [5, 5.41) is 0.843. The first-order valence-electron chi connectivity index (χ1n) is 11.4. The summed E-state index contributed by atoms with van der Waals surface area (Å²) in [6, 6.07) is 19.5. The standard InChI is InChI=1S/C27H27ClN2O/c28-20-7-8-22-23-16-27(25(22)15-20,24-6-2-1-5-21(23)24)17-30-12-9-18(10-13-30)14-19-4-3-11-29-26(19)31/h1-8,11,15,18,23H,9-10,12-14,16-17H2,(H,29,31)/t23?,27-/m0/s1. The zero-order valence-corrected chi connectivity index (χ0v) is 18.4. The van der Waals surface area contributed by atoms with Gasteiger partial charge in [0.1, 0.15) is 0 Å². The molecule has 0 amide bonds. The summed E-state index contributed by atoms with van der Waals surface area (Å²) in [6.45, 7) is 3.26. The fourth-order valence-corrected chi connectivity index (χ4v) is 6.65. The number of pyridine rings is 1. The van der Waals surface area contributed by atoms with E-state index in [2.05, 4.69) is 46.3 Å². The predicted octanol–water partition coefficient (Wildman–Crippen LogP) is 5.12. The number of aromatic nitrogens is 1. The first-order chi connectivity index (χ1) is 15.1. The summed E-state index contributed by atoms with van der Waals surface area (Å²) in [5.74, 6) is 1.09. The number of benzene rings is 2. The van der Waals surface area contributed by atoms with Gasteiger partial charge in [-0.3, -0.25) is 4.79 Å². The molecule has 2 bridgehead atoms. The molecule has 31 heavy (non-hydrogen) atoms. The number of nitrogens with zero attached hydrogens (tertiary/aromatic N) is 1. The highest BCUT2D eigenvalue weighted by Crippen LogP contribution is 2.60. The van der Waals surface area contributed by atoms with E-state index in [-0.39, 0.29) is 11.0 Å². The lowest BCUT2D eigenvalue weighted by Gasteiger charge is -2.40. The normalized spacial score (nSPS) is 24.9. The molecule has 0 spiro atoms. The van der Waals surface area contributed by atoms with Crippen molar-refractivity contribution in [3.8, 4) is 0 Å². The quantitative estimate of drug-likeness (QED) is 0.623. The van der Waals surface area contributed by atoms with Crippen LogP contribution in [0.2, 0.25) is 5.02 Å². The number of rotatable bonds is 4. The zero-order valence-electron chi connectivity index (χ0n) is 17.6. The van der Waals surface area contributed by atoms with E-state index in [1.165, 1.54) is 28.7 Å². The summed E-state index contributed by atoms with van der Waals surface area (Å²) in [6.07, 6.45) is 6.07. The molecule has 3 aliphatic rings. The van der Waals surface area contributed by atoms with E-state index in [1.807, 2.05) is 18.2 Å². The van der Waals surface area contributed by atoms with E-state index in [0.29, 0.717) is 11.8 Å². The van der Waals surface area contributed by atoms with Gasteiger partial charge in [0.05, 0.1) is 0 Å². The predicted molar refractivity (Wildman–Crippen MR) is 125 cm³/mol. The van der Waals surface area contributed by atoms with Crippen molar-refractivity contribution >= 4 is 11.6 Å². The van der Waals surface area contributed by atoms with Gasteiger partial charge in [-0.1, -0.05) is 48.0 Å². The minimum atomic E-state index is 0.0604. The fourth-order valence-electron chi connectivity index (χ4n) is 6.48. The van der Waals surface area contributed by atoms with Crippen LogP contribution in [-0.2, 0) is 11.8 Å². The molecule has 1 unspecified atom stereocenters. The van der Waals surface area contributed by atoms with Crippen LogP contribution in [0.25, 0.3) is 0 Å². The third-order valence-corrected chi connectivity index (χ3v) is 8.15. The van der Waals surface area contributed by atoms with Crippen LogP contribution in [-0.4, -0.2) is 29.5 Å². The summed E-state index contributed by atoms with van der Waals surface area (Å²) in [5.41, 5.74) is 6.99. The van der Waals surface area contributed by atoms with Gasteiger partial charge in [-0.2, -0.15) is 0 Å². The molecule has 3 aromatic rings. The Bertz CT molecular complexity index is 1190. The van der Waals surface area contributed by atoms with Crippen LogP contribution < -0.4 is 5.56 Å². The second-order valence-electron chi connectivity index (χ2n) is 9.61. The molecule has 1 aromatic heterocycles. The Labute approximate surface area is 188 Å². The molecule has 2 aliphatic carbocycles. The summed E-state index contributed by atoms with van der Waals surface area (Å²) >= 11 is 6.46. The van der Waals surface area contributed by atoms with E-state index in [1.54, 1.807) is 6.20 Å². The lowest BCUT2D eigenvalue weighted by atomic mass is 9.74. The molecule has 0 saturated carbocycles. The van der Waals surface area contributed by atoms with Gasteiger partial charge in [-0.25, -0.2) is 0 Å². The lowest BCUT2D eigenvalue weighted by molar-refractivity contribution is 0.158. The topological polar surface area (TPSA) is 36.1 Å². The van der Waals surface area contributed by atoms with Crippen molar-refractivity contribution < 1.29 is 0 Å². The number of fused-ring (bicyclic) bond motifs is 8. The van der Waals surface area contributed by atoms with E-state index < -0.39 is 0 Å². The van der Waals surface area contributed by atoms with Crippen molar-refractivity contribution in [2.75, 3.05) is 19.6 Å². The van der Waals surface area contributed by atoms with Crippen LogP contribution in [0, 0.1) is 5.92 Å². The Hall–Kier alpha value is -2.36. The molecule has 1 fully saturated rings. The molecule has 6 rings (SSSR count). The third-order valence-electron chi connectivity index (χ3n) is 7.92. The van der Waals surface area contributed by atoms with Crippen molar-refractivity contribution in [2.45, 2.75) is 37.0 Å². The summed E-state index contributed by atoms with van der Waals surface area (Å²) < 4.78 is 0. The lowest BCUT2D eigenvalue weighted by Crippen LogP contribution is -2.44. The average molecular weight is 431 g/mol. The van der Waals surface area contributed by atoms with Gasteiger partial charge < -0.3 is 9.88 Å². The van der Waals surface area contributed by atoms with Crippen LogP contribution in [0.3, 0.4) is 0 Å². The monoisotopic (exact) mass is 430 g/mol. The maximum absolute atomic E-state index is 12.1. The summed E-state index contributed by atoms with van der Waals surface area (Å²) in [4.78, 5) is 17.5. The first kappa shape index (κ1) is 19.3. The molecular formula is C27H27ClN2O. The second-order valence-corrected chi connectivity index (χ2v) is 10.0. The van der Waals surface area contributed by atoms with Gasteiger partial charge >= 0.3 is 0 Å². The highest BCUT2D eigenvalue weighted by molar-refractivity contribution is 6.30. The van der Waals surface area contributed by atoms with Crippen LogP contribution in [0.1, 0.15) is 53.0 Å². The molecule has 1 N–H and O–H groups in total. The molecule has 3 nitrogen and oxygen atoms in total. The molecule has 2 aromatic carbocycles.